The van der Waals surface area contributed by atoms with Crippen molar-refractivity contribution in [2.45, 2.75) is 37.8 Å². The zero-order valence-electron chi connectivity index (χ0n) is 11.6. The van der Waals surface area contributed by atoms with Crippen molar-refractivity contribution in [3.8, 4) is 5.75 Å². The first-order valence-corrected chi connectivity index (χ1v) is 6.79. The third kappa shape index (κ3) is 3.70. The molecule has 4 heteroatoms. The van der Waals surface area contributed by atoms with Gasteiger partial charge in [-0.15, -0.1) is 0 Å². The van der Waals surface area contributed by atoms with E-state index >= 15 is 0 Å². The van der Waals surface area contributed by atoms with E-state index in [4.69, 9.17) is 4.74 Å². The molecule has 2 rings (SSSR count). The minimum atomic E-state index is -0.258. The van der Waals surface area contributed by atoms with Crippen LogP contribution in [0, 0.1) is 0 Å². The molecule has 4 nitrogen and oxygen atoms in total. The summed E-state index contributed by atoms with van der Waals surface area (Å²) in [6.45, 7) is 0. The van der Waals surface area contributed by atoms with Crippen LogP contribution in [-0.2, 0) is 0 Å². The summed E-state index contributed by atoms with van der Waals surface area (Å²) in [6, 6.07) is 7.90. The summed E-state index contributed by atoms with van der Waals surface area (Å²) in [5.41, 5.74) is 1.03. The third-order valence-corrected chi connectivity index (χ3v) is 3.68. The van der Waals surface area contributed by atoms with Crippen molar-refractivity contribution in [2.24, 2.45) is 5.10 Å². The standard InChI is InChI=1S/C15H22N2O2/c1-17(14-5-3-4-6-15(14)18)16-11-12-7-9-13(19-2)10-8-12/h7-11,14-15,18H,3-6H2,1-2H3/b16-11+/t14-,15-/m0/s1. The van der Waals surface area contributed by atoms with Crippen molar-refractivity contribution >= 4 is 6.21 Å². The number of hydrogen-bond donors (Lipinski definition) is 1. The number of methoxy groups -OCH3 is 1. The Morgan fingerprint density at radius 2 is 1.95 bits per heavy atom. The first kappa shape index (κ1) is 13.9. The van der Waals surface area contributed by atoms with Gasteiger partial charge in [-0.3, -0.25) is 5.01 Å². The van der Waals surface area contributed by atoms with Crippen LogP contribution in [-0.4, -0.2) is 42.6 Å². The summed E-state index contributed by atoms with van der Waals surface area (Å²) >= 11 is 0. The normalized spacial score (nSPS) is 23.5. The topological polar surface area (TPSA) is 45.1 Å². The summed E-state index contributed by atoms with van der Waals surface area (Å²) in [5.74, 6) is 0.841. The van der Waals surface area contributed by atoms with E-state index in [0.717, 1.165) is 30.6 Å². The molecule has 2 atom stereocenters. The van der Waals surface area contributed by atoms with E-state index in [1.807, 2.05) is 42.5 Å². The molecule has 1 aromatic carbocycles. The maximum Gasteiger partial charge on any atom is 0.118 e. The van der Waals surface area contributed by atoms with Crippen LogP contribution in [0.5, 0.6) is 5.75 Å². The van der Waals surface area contributed by atoms with Crippen molar-refractivity contribution in [1.82, 2.24) is 5.01 Å². The van der Waals surface area contributed by atoms with Crippen molar-refractivity contribution in [3.05, 3.63) is 29.8 Å². The van der Waals surface area contributed by atoms with Crippen LogP contribution in [0.3, 0.4) is 0 Å². The van der Waals surface area contributed by atoms with Crippen LogP contribution in [0.15, 0.2) is 29.4 Å². The second kappa shape index (κ2) is 6.57. The second-order valence-corrected chi connectivity index (χ2v) is 5.01. The predicted octanol–water partition coefficient (Wildman–Crippen LogP) is 2.26. The Balaban J connectivity index is 1.96. The zero-order chi connectivity index (χ0) is 13.7. The van der Waals surface area contributed by atoms with Gasteiger partial charge in [-0.2, -0.15) is 5.10 Å². The number of aliphatic hydroxyl groups is 1. The molecule has 1 aliphatic carbocycles. The fourth-order valence-corrected chi connectivity index (χ4v) is 2.46. The van der Waals surface area contributed by atoms with Crippen LogP contribution in [0.25, 0.3) is 0 Å². The largest absolute Gasteiger partial charge is 0.497 e. The molecule has 0 heterocycles. The van der Waals surface area contributed by atoms with E-state index in [9.17, 15) is 5.11 Å². The van der Waals surface area contributed by atoms with E-state index in [1.165, 1.54) is 6.42 Å². The first-order chi connectivity index (χ1) is 9.20. The molecule has 0 amide bonds. The molecule has 0 bridgehead atoms. The molecule has 0 aliphatic heterocycles. The Bertz CT molecular complexity index is 417. The average molecular weight is 262 g/mol. The maximum absolute atomic E-state index is 9.97. The molecule has 104 valence electrons. The zero-order valence-corrected chi connectivity index (χ0v) is 11.6. The average Bonchev–Trinajstić information content (AvgIpc) is 2.46. The summed E-state index contributed by atoms with van der Waals surface area (Å²) < 4.78 is 5.12. The Morgan fingerprint density at radius 3 is 2.58 bits per heavy atom. The lowest BCUT2D eigenvalue weighted by Gasteiger charge is -2.33. The van der Waals surface area contributed by atoms with Crippen molar-refractivity contribution < 1.29 is 9.84 Å². The number of likely N-dealkylation sites (N-methyl/N-ethyl adjacent to an activating group) is 1. The molecule has 0 saturated heterocycles. The maximum atomic E-state index is 9.97. The van der Waals surface area contributed by atoms with Crippen LogP contribution >= 0.6 is 0 Å². The highest BCUT2D eigenvalue weighted by atomic mass is 16.5. The quantitative estimate of drug-likeness (QED) is 0.668. The molecule has 1 aliphatic rings. The van der Waals surface area contributed by atoms with Gasteiger partial charge in [0.25, 0.3) is 0 Å². The number of aliphatic hydroxyl groups excluding tert-OH is 1. The molecule has 0 aromatic heterocycles. The van der Waals surface area contributed by atoms with Gasteiger partial charge in [0.05, 0.1) is 25.5 Å². The highest BCUT2D eigenvalue weighted by Gasteiger charge is 2.25. The van der Waals surface area contributed by atoms with Gasteiger partial charge in [0.1, 0.15) is 5.75 Å². The van der Waals surface area contributed by atoms with Crippen LogP contribution in [0.1, 0.15) is 31.2 Å². The minimum Gasteiger partial charge on any atom is -0.497 e. The van der Waals surface area contributed by atoms with E-state index in [-0.39, 0.29) is 12.1 Å². The number of hydrazone groups is 1. The highest BCUT2D eigenvalue weighted by molar-refractivity contribution is 5.79. The summed E-state index contributed by atoms with van der Waals surface area (Å²) in [7, 11) is 3.58. The van der Waals surface area contributed by atoms with Gasteiger partial charge in [-0.25, -0.2) is 0 Å². The van der Waals surface area contributed by atoms with Gasteiger partial charge < -0.3 is 9.84 Å². The van der Waals surface area contributed by atoms with E-state index < -0.39 is 0 Å². The van der Waals surface area contributed by atoms with Crippen LogP contribution in [0.2, 0.25) is 0 Å². The van der Waals surface area contributed by atoms with Gasteiger partial charge >= 0.3 is 0 Å². The van der Waals surface area contributed by atoms with Crippen molar-refractivity contribution in [3.63, 3.8) is 0 Å². The SMILES string of the molecule is COc1ccc(/C=N/N(C)[C@H]2CCCC[C@@H]2O)cc1. The molecular formula is C15H22N2O2. The lowest BCUT2D eigenvalue weighted by Crippen LogP contribution is -2.40. The Morgan fingerprint density at radius 1 is 1.26 bits per heavy atom. The van der Waals surface area contributed by atoms with E-state index in [2.05, 4.69) is 5.10 Å². The van der Waals surface area contributed by atoms with Gasteiger partial charge in [0, 0.05) is 7.05 Å². The Labute approximate surface area is 114 Å². The van der Waals surface area contributed by atoms with Crippen molar-refractivity contribution in [2.75, 3.05) is 14.2 Å². The third-order valence-electron chi connectivity index (χ3n) is 3.68. The number of hydrogen-bond acceptors (Lipinski definition) is 4. The second-order valence-electron chi connectivity index (χ2n) is 5.01. The Kier molecular flexibility index (Phi) is 4.80. The van der Waals surface area contributed by atoms with Crippen LogP contribution in [0.4, 0.5) is 0 Å². The molecule has 1 N–H and O–H groups in total. The summed E-state index contributed by atoms with van der Waals surface area (Å²) in [6.07, 6.45) is 5.75. The highest BCUT2D eigenvalue weighted by Crippen LogP contribution is 2.22. The lowest BCUT2D eigenvalue weighted by atomic mass is 9.92. The Hall–Kier alpha value is -1.55. The molecular weight excluding hydrogens is 240 g/mol. The number of benzene rings is 1. The summed E-state index contributed by atoms with van der Waals surface area (Å²) in [5, 5.41) is 16.3. The lowest BCUT2D eigenvalue weighted by molar-refractivity contribution is 0.0338. The molecule has 1 fully saturated rings. The molecule has 19 heavy (non-hydrogen) atoms. The van der Waals surface area contributed by atoms with Gasteiger partial charge in [0.15, 0.2) is 0 Å². The number of rotatable bonds is 4. The summed E-state index contributed by atoms with van der Waals surface area (Å²) in [4.78, 5) is 0. The first-order valence-electron chi connectivity index (χ1n) is 6.79. The number of nitrogens with zero attached hydrogens (tertiary/aromatic N) is 2. The van der Waals surface area contributed by atoms with Crippen molar-refractivity contribution in [1.29, 1.82) is 0 Å². The minimum absolute atomic E-state index is 0.142. The molecule has 0 spiro atoms. The molecule has 1 aromatic rings. The number of ether oxygens (including phenoxy) is 1. The molecule has 0 unspecified atom stereocenters. The van der Waals surface area contributed by atoms with E-state index in [1.54, 1.807) is 7.11 Å². The van der Waals surface area contributed by atoms with E-state index in [0.29, 0.717) is 0 Å². The fraction of sp³-hybridized carbons (Fsp3) is 0.533. The monoisotopic (exact) mass is 262 g/mol. The smallest absolute Gasteiger partial charge is 0.118 e. The molecule has 1 saturated carbocycles. The fourth-order valence-electron chi connectivity index (χ4n) is 2.46. The van der Waals surface area contributed by atoms with Gasteiger partial charge in [-0.1, -0.05) is 12.8 Å². The van der Waals surface area contributed by atoms with Gasteiger partial charge in [-0.05, 0) is 42.7 Å². The molecule has 0 radical (unpaired) electrons. The predicted molar refractivity (Wildman–Crippen MR) is 76.6 cm³/mol. The van der Waals surface area contributed by atoms with Crippen LogP contribution < -0.4 is 4.74 Å². The van der Waals surface area contributed by atoms with Gasteiger partial charge in [0.2, 0.25) is 0 Å².